The first-order valence-electron chi connectivity index (χ1n) is 4.51. The van der Waals surface area contributed by atoms with E-state index in [0.717, 1.165) is 9.92 Å². The summed E-state index contributed by atoms with van der Waals surface area (Å²) in [6.45, 7) is 0. The van der Waals surface area contributed by atoms with Crippen LogP contribution in [0, 0.1) is 0 Å². The first-order chi connectivity index (χ1) is 7.66. The molecule has 3 nitrogen and oxygen atoms in total. The molecule has 1 heterocycles. The summed E-state index contributed by atoms with van der Waals surface area (Å²) in [5, 5.41) is 10.2. The van der Waals surface area contributed by atoms with E-state index in [4.69, 9.17) is 16.7 Å². The molecule has 5 heteroatoms. The second kappa shape index (κ2) is 4.63. The third kappa shape index (κ3) is 2.40. The number of aromatic nitrogens is 1. The molecule has 0 spiro atoms. The average Bonchev–Trinajstić information content (AvgIpc) is 2.70. The quantitative estimate of drug-likeness (QED) is 0.880. The van der Waals surface area contributed by atoms with Gasteiger partial charge in [-0.15, -0.1) is 0 Å². The Morgan fingerprint density at radius 1 is 1.25 bits per heavy atom. The van der Waals surface area contributed by atoms with Crippen LogP contribution in [-0.4, -0.2) is 16.1 Å². The molecule has 0 aliphatic rings. The number of aromatic carboxylic acids is 1. The minimum atomic E-state index is -0.967. The number of H-pyrrole nitrogens is 1. The summed E-state index contributed by atoms with van der Waals surface area (Å²) in [6, 6.07) is 10.7. The van der Waals surface area contributed by atoms with Gasteiger partial charge < -0.3 is 10.1 Å². The van der Waals surface area contributed by atoms with E-state index in [2.05, 4.69) is 4.98 Å². The van der Waals surface area contributed by atoms with E-state index in [1.165, 1.54) is 17.8 Å². The molecular formula is C11H8ClNO2S. The molecule has 16 heavy (non-hydrogen) atoms. The maximum absolute atomic E-state index is 10.7. The van der Waals surface area contributed by atoms with Gasteiger partial charge in [0.1, 0.15) is 5.69 Å². The van der Waals surface area contributed by atoms with Crippen LogP contribution in [-0.2, 0) is 0 Å². The van der Waals surface area contributed by atoms with Crippen molar-refractivity contribution in [2.24, 2.45) is 0 Å². The molecule has 0 aliphatic carbocycles. The Hall–Kier alpha value is -1.39. The van der Waals surface area contributed by atoms with Gasteiger partial charge in [0.25, 0.3) is 0 Å². The topological polar surface area (TPSA) is 53.1 Å². The highest BCUT2D eigenvalue weighted by atomic mass is 35.5. The summed E-state index contributed by atoms with van der Waals surface area (Å²) in [7, 11) is 0. The highest BCUT2D eigenvalue weighted by Crippen LogP contribution is 2.32. The molecule has 0 bridgehead atoms. The standard InChI is InChI=1S/C11H8ClNO2S/c12-7-3-1-2-4-9(7)16-10-6-5-8(13-10)11(14)15/h1-6,13H,(H,14,15). The Kier molecular flexibility index (Phi) is 3.22. The van der Waals surface area contributed by atoms with E-state index < -0.39 is 5.97 Å². The van der Waals surface area contributed by atoms with E-state index in [9.17, 15) is 4.79 Å². The number of carboxylic acid groups (broad SMARTS) is 1. The van der Waals surface area contributed by atoms with Crippen molar-refractivity contribution in [1.82, 2.24) is 4.98 Å². The zero-order valence-electron chi connectivity index (χ0n) is 8.11. The highest BCUT2D eigenvalue weighted by Gasteiger charge is 2.07. The number of rotatable bonds is 3. The van der Waals surface area contributed by atoms with E-state index in [0.29, 0.717) is 5.02 Å². The van der Waals surface area contributed by atoms with Crippen molar-refractivity contribution in [3.05, 3.63) is 47.1 Å². The van der Waals surface area contributed by atoms with Gasteiger partial charge in [-0.25, -0.2) is 4.79 Å². The van der Waals surface area contributed by atoms with Crippen molar-refractivity contribution in [1.29, 1.82) is 0 Å². The first-order valence-corrected chi connectivity index (χ1v) is 5.71. The minimum absolute atomic E-state index is 0.176. The SMILES string of the molecule is O=C(O)c1ccc(Sc2ccccc2Cl)[nH]1. The normalized spacial score (nSPS) is 10.3. The molecule has 0 unspecified atom stereocenters. The summed E-state index contributed by atoms with van der Waals surface area (Å²) < 4.78 is 0. The van der Waals surface area contributed by atoms with Gasteiger partial charge in [-0.2, -0.15) is 0 Å². The Morgan fingerprint density at radius 3 is 2.62 bits per heavy atom. The number of benzene rings is 1. The summed E-state index contributed by atoms with van der Waals surface area (Å²) in [5.74, 6) is -0.967. The molecule has 1 aromatic heterocycles. The number of carbonyl (C=O) groups is 1. The van der Waals surface area contributed by atoms with E-state index >= 15 is 0 Å². The van der Waals surface area contributed by atoms with Crippen LogP contribution in [0.3, 0.4) is 0 Å². The number of aromatic amines is 1. The highest BCUT2D eigenvalue weighted by molar-refractivity contribution is 7.99. The molecule has 0 radical (unpaired) electrons. The average molecular weight is 254 g/mol. The number of carboxylic acids is 1. The maximum Gasteiger partial charge on any atom is 0.352 e. The molecule has 82 valence electrons. The maximum atomic E-state index is 10.7. The number of hydrogen-bond donors (Lipinski definition) is 2. The van der Waals surface area contributed by atoms with Gasteiger partial charge in [0.05, 0.1) is 10.0 Å². The molecule has 0 saturated heterocycles. The summed E-state index contributed by atoms with van der Waals surface area (Å²) in [6.07, 6.45) is 0. The predicted molar refractivity (Wildman–Crippen MR) is 63.3 cm³/mol. The van der Waals surface area contributed by atoms with Crippen molar-refractivity contribution in [3.8, 4) is 0 Å². The monoisotopic (exact) mass is 253 g/mol. The zero-order valence-corrected chi connectivity index (χ0v) is 9.68. The summed E-state index contributed by atoms with van der Waals surface area (Å²) >= 11 is 7.39. The van der Waals surface area contributed by atoms with Crippen LogP contribution in [0.15, 0.2) is 46.3 Å². The minimum Gasteiger partial charge on any atom is -0.477 e. The lowest BCUT2D eigenvalue weighted by molar-refractivity contribution is 0.0691. The molecule has 0 saturated carbocycles. The van der Waals surface area contributed by atoms with Gasteiger partial charge in [-0.1, -0.05) is 35.5 Å². The van der Waals surface area contributed by atoms with Crippen LogP contribution in [0.2, 0.25) is 5.02 Å². The number of hydrogen-bond acceptors (Lipinski definition) is 2. The summed E-state index contributed by atoms with van der Waals surface area (Å²) in [5.41, 5.74) is 0.176. The molecule has 0 atom stereocenters. The van der Waals surface area contributed by atoms with Gasteiger partial charge in [0.15, 0.2) is 0 Å². The Labute approximate surface area is 101 Å². The third-order valence-electron chi connectivity index (χ3n) is 1.95. The van der Waals surface area contributed by atoms with Crippen LogP contribution in [0.25, 0.3) is 0 Å². The van der Waals surface area contributed by atoms with Crippen LogP contribution < -0.4 is 0 Å². The molecule has 2 N–H and O–H groups in total. The lowest BCUT2D eigenvalue weighted by atomic mass is 10.4. The Bertz CT molecular complexity index is 524. The van der Waals surface area contributed by atoms with Gasteiger partial charge >= 0.3 is 5.97 Å². The van der Waals surface area contributed by atoms with Crippen molar-refractivity contribution >= 4 is 29.3 Å². The fourth-order valence-corrected chi connectivity index (χ4v) is 2.30. The van der Waals surface area contributed by atoms with Crippen molar-refractivity contribution < 1.29 is 9.90 Å². The zero-order chi connectivity index (χ0) is 11.5. The largest absolute Gasteiger partial charge is 0.477 e. The smallest absolute Gasteiger partial charge is 0.352 e. The second-order valence-electron chi connectivity index (χ2n) is 3.07. The fourth-order valence-electron chi connectivity index (χ4n) is 1.21. The van der Waals surface area contributed by atoms with Crippen LogP contribution in [0.1, 0.15) is 10.5 Å². The van der Waals surface area contributed by atoms with Gasteiger partial charge in [0.2, 0.25) is 0 Å². The Balaban J connectivity index is 2.21. The van der Waals surface area contributed by atoms with Crippen LogP contribution in [0.4, 0.5) is 0 Å². The van der Waals surface area contributed by atoms with Gasteiger partial charge in [-0.05, 0) is 24.3 Å². The van der Waals surface area contributed by atoms with Crippen LogP contribution >= 0.6 is 23.4 Å². The molecule has 0 amide bonds. The van der Waals surface area contributed by atoms with Crippen molar-refractivity contribution in [2.75, 3.05) is 0 Å². The Morgan fingerprint density at radius 2 is 2.00 bits per heavy atom. The lowest BCUT2D eigenvalue weighted by Crippen LogP contribution is -1.95. The van der Waals surface area contributed by atoms with Crippen molar-refractivity contribution in [3.63, 3.8) is 0 Å². The van der Waals surface area contributed by atoms with Gasteiger partial charge in [-0.3, -0.25) is 0 Å². The molecule has 2 rings (SSSR count). The lowest BCUT2D eigenvalue weighted by Gasteiger charge is -2.00. The van der Waals surface area contributed by atoms with Gasteiger partial charge in [0, 0.05) is 4.90 Å². The summed E-state index contributed by atoms with van der Waals surface area (Å²) in [4.78, 5) is 14.4. The van der Waals surface area contributed by atoms with E-state index in [1.807, 2.05) is 18.2 Å². The molecule has 2 aromatic rings. The first kappa shape index (κ1) is 11.1. The molecule has 0 fully saturated rings. The fraction of sp³-hybridized carbons (Fsp3) is 0. The van der Waals surface area contributed by atoms with Crippen molar-refractivity contribution in [2.45, 2.75) is 9.92 Å². The molecular weight excluding hydrogens is 246 g/mol. The van der Waals surface area contributed by atoms with E-state index in [-0.39, 0.29) is 5.69 Å². The number of halogens is 1. The number of nitrogens with one attached hydrogen (secondary N) is 1. The predicted octanol–water partition coefficient (Wildman–Crippen LogP) is 3.52. The molecule has 1 aromatic carbocycles. The van der Waals surface area contributed by atoms with Crippen LogP contribution in [0.5, 0.6) is 0 Å². The second-order valence-corrected chi connectivity index (χ2v) is 4.56. The third-order valence-corrected chi connectivity index (χ3v) is 3.42. The molecule has 0 aliphatic heterocycles. The van der Waals surface area contributed by atoms with E-state index in [1.54, 1.807) is 12.1 Å².